The van der Waals surface area contributed by atoms with Crippen LogP contribution in [0.2, 0.25) is 0 Å². The van der Waals surface area contributed by atoms with Crippen molar-refractivity contribution in [1.29, 1.82) is 0 Å². The average molecular weight is 1020 g/mol. The molecular weight excluding hydrogens is 901 g/mol. The van der Waals surface area contributed by atoms with Gasteiger partial charge in [0.2, 0.25) is 0 Å². The first-order chi connectivity index (χ1) is 36.0. The lowest BCUT2D eigenvalue weighted by Crippen LogP contribution is -2.30. The van der Waals surface area contributed by atoms with Crippen molar-refractivity contribution in [2.75, 3.05) is 13.2 Å². The minimum Gasteiger partial charge on any atom is -0.462 e. The van der Waals surface area contributed by atoms with Crippen LogP contribution in [0.1, 0.15) is 290 Å². The Balaban J connectivity index is 4.42. The van der Waals surface area contributed by atoms with Gasteiger partial charge in [0.15, 0.2) is 6.10 Å². The molecule has 1 unspecified atom stereocenters. The first kappa shape index (κ1) is 69.3. The van der Waals surface area contributed by atoms with Gasteiger partial charge in [-0.25, -0.2) is 0 Å². The number of carbonyl (C=O) groups excluding carboxylic acids is 3. The van der Waals surface area contributed by atoms with Gasteiger partial charge in [-0.05, 0) is 103 Å². The Hall–Kier alpha value is -3.67. The van der Waals surface area contributed by atoms with Crippen LogP contribution in [0.4, 0.5) is 0 Å². The molecular formula is C67H114O6. The van der Waals surface area contributed by atoms with E-state index < -0.39 is 6.10 Å². The third-order valence-electron chi connectivity index (χ3n) is 13.1. The highest BCUT2D eigenvalue weighted by Crippen LogP contribution is 2.16. The van der Waals surface area contributed by atoms with E-state index in [-0.39, 0.29) is 31.1 Å². The molecule has 0 heterocycles. The first-order valence-corrected chi connectivity index (χ1v) is 30.7. The van der Waals surface area contributed by atoms with Gasteiger partial charge in [-0.2, -0.15) is 0 Å². The van der Waals surface area contributed by atoms with Crippen LogP contribution in [-0.2, 0) is 28.6 Å². The molecule has 6 nitrogen and oxygen atoms in total. The van der Waals surface area contributed by atoms with E-state index in [2.05, 4.69) is 118 Å². The second-order valence-corrected chi connectivity index (χ2v) is 20.2. The zero-order valence-electron chi connectivity index (χ0n) is 47.9. The van der Waals surface area contributed by atoms with E-state index >= 15 is 0 Å². The maximum absolute atomic E-state index is 12.9. The summed E-state index contributed by atoms with van der Waals surface area (Å²) in [6.45, 7) is 6.50. The van der Waals surface area contributed by atoms with E-state index in [0.717, 1.165) is 116 Å². The molecule has 0 aliphatic rings. The molecule has 1 atom stereocenters. The number of allylic oxidation sites excluding steroid dienone is 16. The normalized spacial score (nSPS) is 12.8. The lowest BCUT2D eigenvalue weighted by atomic mass is 10.0. The van der Waals surface area contributed by atoms with E-state index in [1.807, 2.05) is 0 Å². The van der Waals surface area contributed by atoms with Crippen molar-refractivity contribution < 1.29 is 28.6 Å². The molecule has 0 saturated carbocycles. The first-order valence-electron chi connectivity index (χ1n) is 30.7. The summed E-state index contributed by atoms with van der Waals surface area (Å²) in [5.74, 6) is -0.923. The van der Waals surface area contributed by atoms with Crippen molar-refractivity contribution in [3.63, 3.8) is 0 Å². The molecule has 0 aromatic heterocycles. The third-order valence-corrected chi connectivity index (χ3v) is 13.1. The van der Waals surface area contributed by atoms with E-state index in [1.165, 1.54) is 135 Å². The highest BCUT2D eigenvalue weighted by atomic mass is 16.6. The molecule has 0 aromatic rings. The largest absolute Gasteiger partial charge is 0.462 e. The second kappa shape index (κ2) is 60.9. The van der Waals surface area contributed by atoms with Gasteiger partial charge >= 0.3 is 17.9 Å². The van der Waals surface area contributed by atoms with Crippen LogP contribution in [0.5, 0.6) is 0 Å². The monoisotopic (exact) mass is 1010 g/mol. The van der Waals surface area contributed by atoms with Crippen LogP contribution in [0.25, 0.3) is 0 Å². The number of rotatable bonds is 55. The molecule has 418 valence electrons. The zero-order chi connectivity index (χ0) is 52.9. The lowest BCUT2D eigenvalue weighted by molar-refractivity contribution is -0.167. The molecule has 0 N–H and O–H groups in total. The minimum absolute atomic E-state index is 0.0906. The number of hydrogen-bond acceptors (Lipinski definition) is 6. The number of unbranched alkanes of at least 4 members (excludes halogenated alkanes) is 28. The van der Waals surface area contributed by atoms with E-state index in [1.54, 1.807) is 0 Å². The Morgan fingerprint density at radius 2 is 0.534 bits per heavy atom. The second-order valence-electron chi connectivity index (χ2n) is 20.2. The van der Waals surface area contributed by atoms with Gasteiger partial charge in [-0.3, -0.25) is 14.4 Å². The summed E-state index contributed by atoms with van der Waals surface area (Å²) in [6, 6.07) is 0. The smallest absolute Gasteiger partial charge is 0.306 e. The highest BCUT2D eigenvalue weighted by molar-refractivity contribution is 5.71. The van der Waals surface area contributed by atoms with Crippen molar-refractivity contribution in [2.24, 2.45) is 0 Å². The molecule has 0 aliphatic heterocycles. The quantitative estimate of drug-likeness (QED) is 0.0261. The topological polar surface area (TPSA) is 78.9 Å². The molecule has 0 aliphatic carbocycles. The van der Waals surface area contributed by atoms with Gasteiger partial charge in [-0.15, -0.1) is 0 Å². The van der Waals surface area contributed by atoms with Crippen LogP contribution >= 0.6 is 0 Å². The van der Waals surface area contributed by atoms with E-state index in [9.17, 15) is 14.4 Å². The maximum Gasteiger partial charge on any atom is 0.306 e. The van der Waals surface area contributed by atoms with Gasteiger partial charge in [0.05, 0.1) is 0 Å². The predicted molar refractivity (Wildman–Crippen MR) is 316 cm³/mol. The molecule has 0 spiro atoms. The maximum atomic E-state index is 12.9. The van der Waals surface area contributed by atoms with Crippen molar-refractivity contribution in [2.45, 2.75) is 297 Å². The van der Waals surface area contributed by atoms with E-state index in [0.29, 0.717) is 19.3 Å². The van der Waals surface area contributed by atoms with Crippen LogP contribution in [0.15, 0.2) is 97.2 Å². The summed E-state index contributed by atoms with van der Waals surface area (Å²) < 4.78 is 16.9. The number of ether oxygens (including phenoxy) is 3. The standard InChI is InChI=1S/C67H114O6/c1-4-7-10-13-16-19-22-25-28-30-31-32-33-34-35-36-37-38-40-42-45-48-51-54-57-60-66(69)72-63-64(62-71-65(68)59-56-53-50-47-44-41-27-24-21-18-15-12-9-6-3)73-67(70)61-58-55-52-49-46-43-39-29-26-23-20-17-14-11-8-5-2/h7,10,16,19,24-25,27-28,31-32,34-35,37-38,42,45,64H,4-6,8-9,11-15,17-18,20-23,26,29-30,33,36,39-41,43-44,46-63H2,1-3H3/b10-7-,19-16-,27-24-,28-25-,32-31-,35-34-,38-37-,45-42-. The summed E-state index contributed by atoms with van der Waals surface area (Å²) in [7, 11) is 0. The fourth-order valence-corrected chi connectivity index (χ4v) is 8.48. The van der Waals surface area contributed by atoms with Crippen molar-refractivity contribution >= 4 is 17.9 Å². The van der Waals surface area contributed by atoms with Gasteiger partial charge in [0, 0.05) is 19.3 Å². The molecule has 0 rings (SSSR count). The minimum atomic E-state index is -0.794. The van der Waals surface area contributed by atoms with Crippen molar-refractivity contribution in [3.8, 4) is 0 Å². The van der Waals surface area contributed by atoms with Crippen LogP contribution < -0.4 is 0 Å². The van der Waals surface area contributed by atoms with Crippen LogP contribution in [0.3, 0.4) is 0 Å². The Labute approximate surface area is 451 Å². The summed E-state index contributed by atoms with van der Waals surface area (Å²) in [6.07, 6.45) is 81.2. The third kappa shape index (κ3) is 59.1. The Morgan fingerprint density at radius 1 is 0.288 bits per heavy atom. The van der Waals surface area contributed by atoms with Gasteiger partial charge in [0.1, 0.15) is 13.2 Å². The number of carbonyl (C=O) groups is 3. The summed E-state index contributed by atoms with van der Waals surface area (Å²) >= 11 is 0. The average Bonchev–Trinajstić information content (AvgIpc) is 3.39. The summed E-state index contributed by atoms with van der Waals surface area (Å²) in [5.41, 5.74) is 0. The molecule has 6 heteroatoms. The van der Waals surface area contributed by atoms with Gasteiger partial charge in [-0.1, -0.05) is 266 Å². The summed E-state index contributed by atoms with van der Waals surface area (Å²) in [4.78, 5) is 38.2. The van der Waals surface area contributed by atoms with Gasteiger partial charge < -0.3 is 14.2 Å². The molecule has 0 radical (unpaired) electrons. The van der Waals surface area contributed by atoms with Crippen LogP contribution in [0, 0.1) is 0 Å². The Kier molecular flexibility index (Phi) is 57.8. The molecule has 0 saturated heterocycles. The fraction of sp³-hybridized carbons (Fsp3) is 0.716. The number of esters is 3. The summed E-state index contributed by atoms with van der Waals surface area (Å²) in [5, 5.41) is 0. The SMILES string of the molecule is CC/C=C\C/C=C\C/C=C\C/C=C\C/C=C\C/C=C\C/C=C\CCCCCC(=O)OCC(COC(=O)CCCCCCC/C=C\CCCCCCC)OC(=O)CCCCCCCCCCCCCCCCCC. The molecule has 0 amide bonds. The zero-order valence-corrected chi connectivity index (χ0v) is 47.9. The van der Waals surface area contributed by atoms with Gasteiger partial charge in [0.25, 0.3) is 0 Å². The Bertz CT molecular complexity index is 1440. The molecule has 0 bridgehead atoms. The fourth-order valence-electron chi connectivity index (χ4n) is 8.48. The molecule has 0 aromatic carbocycles. The van der Waals surface area contributed by atoms with E-state index in [4.69, 9.17) is 14.2 Å². The molecule has 0 fully saturated rings. The Morgan fingerprint density at radius 3 is 0.863 bits per heavy atom. The lowest BCUT2D eigenvalue weighted by Gasteiger charge is -2.18. The van der Waals surface area contributed by atoms with Crippen LogP contribution in [-0.4, -0.2) is 37.2 Å². The highest BCUT2D eigenvalue weighted by Gasteiger charge is 2.19. The number of hydrogen-bond donors (Lipinski definition) is 0. The van der Waals surface area contributed by atoms with Crippen molar-refractivity contribution in [1.82, 2.24) is 0 Å². The predicted octanol–water partition coefficient (Wildman–Crippen LogP) is 20.9. The molecule has 73 heavy (non-hydrogen) atoms. The van der Waals surface area contributed by atoms with Crippen molar-refractivity contribution in [3.05, 3.63) is 97.2 Å².